The fourth-order valence-corrected chi connectivity index (χ4v) is 2.64. The van der Waals surface area contributed by atoms with E-state index in [1.165, 1.54) is 17.7 Å². The van der Waals surface area contributed by atoms with Crippen LogP contribution in [0.5, 0.6) is 0 Å². The maximum absolute atomic E-state index is 9.95. The van der Waals surface area contributed by atoms with Crippen molar-refractivity contribution in [1.29, 1.82) is 0 Å². The molecule has 0 fully saturated rings. The molecule has 0 bridgehead atoms. The monoisotopic (exact) mass is 250 g/mol. The number of aliphatic hydroxyl groups is 1. The summed E-state index contributed by atoms with van der Waals surface area (Å²) >= 11 is 0. The Bertz CT molecular complexity index is 394. The van der Waals surface area contributed by atoms with Crippen LogP contribution < -0.4 is 0 Å². The fourth-order valence-electron chi connectivity index (χ4n) is 2.64. The molecule has 1 rings (SSSR count). The highest BCUT2D eigenvalue weighted by molar-refractivity contribution is 5.71. The van der Waals surface area contributed by atoms with Crippen LogP contribution in [0.1, 0.15) is 53.9 Å². The Kier molecular flexibility index (Phi) is 4.78. The molecular weight excluding hydrogens is 222 g/mol. The highest BCUT2D eigenvalue weighted by Crippen LogP contribution is 2.28. The van der Waals surface area contributed by atoms with Crippen molar-refractivity contribution >= 4 is 5.90 Å². The molecule has 0 spiro atoms. The van der Waals surface area contributed by atoms with Gasteiger partial charge in [0, 0.05) is 12.5 Å². The predicted molar refractivity (Wildman–Crippen MR) is 78.1 cm³/mol. The number of hydrogen-bond acceptors (Lipinski definition) is 0. The van der Waals surface area contributed by atoms with Crippen molar-refractivity contribution < 1.29 is 9.68 Å². The molecule has 0 saturated carbocycles. The van der Waals surface area contributed by atoms with Crippen molar-refractivity contribution in [3.8, 4) is 0 Å². The number of hydrogen-bond donors (Lipinski definition) is 1. The summed E-state index contributed by atoms with van der Waals surface area (Å²) in [5, 5.41) is 9.95. The van der Waals surface area contributed by atoms with Crippen LogP contribution in [0.15, 0.2) is 23.4 Å². The van der Waals surface area contributed by atoms with Gasteiger partial charge >= 0.3 is 5.90 Å². The molecule has 0 aromatic carbocycles. The summed E-state index contributed by atoms with van der Waals surface area (Å²) in [6, 6.07) is 0. The van der Waals surface area contributed by atoms with Gasteiger partial charge in [-0.3, -0.25) is 0 Å². The van der Waals surface area contributed by atoms with E-state index >= 15 is 0 Å². The molecule has 1 aliphatic heterocycles. The Morgan fingerprint density at radius 2 is 2.00 bits per heavy atom. The van der Waals surface area contributed by atoms with E-state index in [1.54, 1.807) is 0 Å². The minimum Gasteiger partial charge on any atom is -0.463 e. The molecule has 1 aliphatic rings. The van der Waals surface area contributed by atoms with Gasteiger partial charge in [0.1, 0.15) is 7.05 Å². The van der Waals surface area contributed by atoms with E-state index in [9.17, 15) is 5.11 Å². The summed E-state index contributed by atoms with van der Waals surface area (Å²) in [6.07, 6.45) is 7.12. The maximum Gasteiger partial charge on any atom is 0.343 e. The van der Waals surface area contributed by atoms with E-state index in [0.717, 1.165) is 6.42 Å². The van der Waals surface area contributed by atoms with Gasteiger partial charge in [0.25, 0.3) is 0 Å². The molecule has 0 aliphatic carbocycles. The van der Waals surface area contributed by atoms with E-state index in [2.05, 4.69) is 46.8 Å². The molecule has 0 aromatic rings. The average Bonchev–Trinajstić information content (AvgIpc) is 2.30. The van der Waals surface area contributed by atoms with E-state index in [4.69, 9.17) is 0 Å². The van der Waals surface area contributed by atoms with Crippen molar-refractivity contribution in [2.24, 2.45) is 11.3 Å². The molecule has 1 unspecified atom stereocenters. The maximum atomic E-state index is 9.95. The Morgan fingerprint density at radius 3 is 2.56 bits per heavy atom. The summed E-state index contributed by atoms with van der Waals surface area (Å²) in [5.41, 5.74) is 2.82. The molecule has 1 heterocycles. The van der Waals surface area contributed by atoms with Gasteiger partial charge in [-0.1, -0.05) is 33.8 Å². The zero-order valence-corrected chi connectivity index (χ0v) is 12.7. The molecular formula is C16H28NO+. The van der Waals surface area contributed by atoms with Crippen molar-refractivity contribution in [2.45, 2.75) is 53.9 Å². The van der Waals surface area contributed by atoms with Crippen LogP contribution in [0, 0.1) is 11.3 Å². The first kappa shape index (κ1) is 15.0. The van der Waals surface area contributed by atoms with Crippen LogP contribution in [0.4, 0.5) is 0 Å². The van der Waals surface area contributed by atoms with Crippen LogP contribution in [0.3, 0.4) is 0 Å². The fraction of sp³-hybridized carbons (Fsp3) is 0.688. The third-order valence-electron chi connectivity index (χ3n) is 3.34. The Morgan fingerprint density at radius 1 is 1.39 bits per heavy atom. The zero-order chi connectivity index (χ0) is 13.9. The molecule has 0 aromatic heterocycles. The normalized spacial score (nSPS) is 19.2. The van der Waals surface area contributed by atoms with Gasteiger partial charge in [-0.25, -0.2) is 0 Å². The molecule has 2 nitrogen and oxygen atoms in total. The summed E-state index contributed by atoms with van der Waals surface area (Å²) in [6.45, 7) is 11.2. The SMILES string of the molecule is CC1=CCC(O)=[N+](C)C(CC(C)CC(C)(C)C)=C1. The van der Waals surface area contributed by atoms with Crippen molar-refractivity contribution in [3.05, 3.63) is 23.4 Å². The number of allylic oxidation sites excluding steroid dienone is 3. The molecule has 18 heavy (non-hydrogen) atoms. The van der Waals surface area contributed by atoms with Crippen LogP contribution in [0.25, 0.3) is 0 Å². The largest absolute Gasteiger partial charge is 0.463 e. The van der Waals surface area contributed by atoms with Crippen molar-refractivity contribution in [3.63, 3.8) is 0 Å². The van der Waals surface area contributed by atoms with Crippen LogP contribution in [-0.4, -0.2) is 22.6 Å². The van der Waals surface area contributed by atoms with Gasteiger partial charge in [-0.2, -0.15) is 4.58 Å². The molecule has 0 radical (unpaired) electrons. The lowest BCUT2D eigenvalue weighted by molar-refractivity contribution is -0.457. The van der Waals surface area contributed by atoms with Gasteiger partial charge in [0.15, 0.2) is 5.70 Å². The van der Waals surface area contributed by atoms with Gasteiger partial charge in [-0.05, 0) is 30.3 Å². The second kappa shape index (κ2) is 5.73. The minimum absolute atomic E-state index is 0.361. The standard InChI is InChI=1S/C16H27NO/c1-12-7-8-15(18)17(6)14(9-12)10-13(2)11-16(3,4)5/h7,9,13H,8,10-11H2,1-6H3/p+1. The Labute approximate surface area is 112 Å². The summed E-state index contributed by atoms with van der Waals surface area (Å²) < 4.78 is 1.94. The number of aliphatic hydroxyl groups excluding tert-OH is 1. The number of rotatable bonds is 3. The first-order valence-corrected chi connectivity index (χ1v) is 6.85. The Balaban J connectivity index is 2.81. The first-order chi connectivity index (χ1) is 8.19. The Hall–Kier alpha value is -1.05. The lowest BCUT2D eigenvalue weighted by Crippen LogP contribution is -2.18. The smallest absolute Gasteiger partial charge is 0.343 e. The van der Waals surface area contributed by atoms with E-state index in [-0.39, 0.29) is 0 Å². The van der Waals surface area contributed by atoms with E-state index in [1.807, 2.05) is 11.6 Å². The summed E-state index contributed by atoms with van der Waals surface area (Å²) in [7, 11) is 1.96. The lowest BCUT2D eigenvalue weighted by Gasteiger charge is -2.22. The number of nitrogens with zero attached hydrogens (tertiary/aromatic N) is 1. The lowest BCUT2D eigenvalue weighted by atomic mass is 9.83. The molecule has 0 amide bonds. The van der Waals surface area contributed by atoms with Crippen LogP contribution in [-0.2, 0) is 0 Å². The third kappa shape index (κ3) is 4.67. The summed E-state index contributed by atoms with van der Waals surface area (Å²) in [5.74, 6) is 1.07. The van der Waals surface area contributed by atoms with Gasteiger partial charge in [0.05, 0.1) is 6.42 Å². The highest BCUT2D eigenvalue weighted by atomic mass is 16.3. The first-order valence-electron chi connectivity index (χ1n) is 6.85. The highest BCUT2D eigenvalue weighted by Gasteiger charge is 2.22. The van der Waals surface area contributed by atoms with Crippen LogP contribution >= 0.6 is 0 Å². The predicted octanol–water partition coefficient (Wildman–Crippen LogP) is 4.28. The molecule has 102 valence electrons. The van der Waals surface area contributed by atoms with Crippen LogP contribution in [0.2, 0.25) is 0 Å². The minimum atomic E-state index is 0.361. The second-order valence-electron chi connectivity index (χ2n) is 6.84. The van der Waals surface area contributed by atoms with Gasteiger partial charge in [0.2, 0.25) is 0 Å². The third-order valence-corrected chi connectivity index (χ3v) is 3.34. The van der Waals surface area contributed by atoms with E-state index < -0.39 is 0 Å². The molecule has 2 heteroatoms. The van der Waals surface area contributed by atoms with Crippen molar-refractivity contribution in [1.82, 2.24) is 0 Å². The topological polar surface area (TPSA) is 23.2 Å². The second-order valence-corrected chi connectivity index (χ2v) is 6.84. The quantitative estimate of drug-likeness (QED) is 0.742. The van der Waals surface area contributed by atoms with Gasteiger partial charge in [-0.15, -0.1) is 0 Å². The molecule has 0 saturated heterocycles. The van der Waals surface area contributed by atoms with E-state index in [0.29, 0.717) is 23.7 Å². The van der Waals surface area contributed by atoms with Crippen molar-refractivity contribution in [2.75, 3.05) is 7.05 Å². The van der Waals surface area contributed by atoms with Gasteiger partial charge < -0.3 is 5.11 Å². The molecule has 1 N–H and O–H groups in total. The summed E-state index contributed by atoms with van der Waals surface area (Å²) in [4.78, 5) is 0. The average molecular weight is 250 g/mol. The zero-order valence-electron chi connectivity index (χ0n) is 12.7. The molecule has 1 atom stereocenters.